The summed E-state index contributed by atoms with van der Waals surface area (Å²) in [5, 5.41) is 5.05. The molecule has 0 fully saturated rings. The smallest absolute Gasteiger partial charge is 0.408 e. The van der Waals surface area contributed by atoms with Crippen molar-refractivity contribution in [1.82, 2.24) is 10.6 Å². The summed E-state index contributed by atoms with van der Waals surface area (Å²) < 4.78 is 9.52. The van der Waals surface area contributed by atoms with Crippen LogP contribution in [0, 0.1) is 0 Å². The van der Waals surface area contributed by atoms with Crippen molar-refractivity contribution < 1.29 is 23.9 Å². The Bertz CT molecular complexity index is 349. The molecule has 0 aliphatic carbocycles. The van der Waals surface area contributed by atoms with Crippen LogP contribution in [-0.2, 0) is 19.1 Å². The Morgan fingerprint density at radius 3 is 2.30 bits per heavy atom. The summed E-state index contributed by atoms with van der Waals surface area (Å²) in [5.74, 6) is -0.653. The summed E-state index contributed by atoms with van der Waals surface area (Å²) in [4.78, 5) is 34.0. The molecule has 1 atom stereocenters. The summed E-state index contributed by atoms with van der Waals surface area (Å²) in [7, 11) is 1.31. The Morgan fingerprint density at radius 2 is 1.80 bits per heavy atom. The van der Waals surface area contributed by atoms with Crippen molar-refractivity contribution in [1.29, 1.82) is 0 Å². The Kier molecular flexibility index (Phi) is 7.64. The van der Waals surface area contributed by atoms with Crippen LogP contribution in [0.1, 0.15) is 40.5 Å². The molecular weight excluding hydrogens is 264 g/mol. The molecule has 0 aromatic carbocycles. The molecule has 116 valence electrons. The standard InChI is InChI=1S/C13H24N2O5/c1-9(15-12(18)20-13(2,3)4)11(17)14-8-6-7-10(16)19-5/h9H,6-8H2,1-5H3,(H,14,17)(H,15,18)/t9-/m0/s1. The lowest BCUT2D eigenvalue weighted by Gasteiger charge is -2.21. The quantitative estimate of drug-likeness (QED) is 0.561. The van der Waals surface area contributed by atoms with Crippen molar-refractivity contribution in [3.63, 3.8) is 0 Å². The van der Waals surface area contributed by atoms with Crippen LogP contribution in [0.4, 0.5) is 4.79 Å². The average Bonchev–Trinajstić information content (AvgIpc) is 2.31. The van der Waals surface area contributed by atoms with Gasteiger partial charge in [0.1, 0.15) is 11.6 Å². The largest absolute Gasteiger partial charge is 0.469 e. The predicted molar refractivity (Wildman–Crippen MR) is 73.1 cm³/mol. The maximum atomic E-state index is 11.7. The minimum Gasteiger partial charge on any atom is -0.469 e. The normalized spacial score (nSPS) is 12.2. The van der Waals surface area contributed by atoms with E-state index in [1.165, 1.54) is 7.11 Å². The van der Waals surface area contributed by atoms with E-state index in [1.54, 1.807) is 27.7 Å². The molecule has 0 unspecified atom stereocenters. The highest BCUT2D eigenvalue weighted by Crippen LogP contribution is 2.06. The SMILES string of the molecule is COC(=O)CCCNC(=O)[C@H](C)NC(=O)OC(C)(C)C. The molecule has 2 N–H and O–H groups in total. The van der Waals surface area contributed by atoms with Crippen LogP contribution in [0.5, 0.6) is 0 Å². The van der Waals surface area contributed by atoms with E-state index in [0.717, 1.165) is 0 Å². The van der Waals surface area contributed by atoms with Crippen molar-refractivity contribution in [2.75, 3.05) is 13.7 Å². The number of nitrogens with one attached hydrogen (secondary N) is 2. The number of hydrogen-bond acceptors (Lipinski definition) is 5. The summed E-state index contributed by atoms with van der Waals surface area (Å²) in [5.41, 5.74) is -0.610. The van der Waals surface area contributed by atoms with E-state index >= 15 is 0 Å². The molecule has 0 aliphatic heterocycles. The number of methoxy groups -OCH3 is 1. The van der Waals surface area contributed by atoms with Gasteiger partial charge in [-0.15, -0.1) is 0 Å². The van der Waals surface area contributed by atoms with Crippen molar-refractivity contribution in [3.8, 4) is 0 Å². The third-order valence-corrected chi connectivity index (χ3v) is 2.21. The fourth-order valence-electron chi connectivity index (χ4n) is 1.25. The fraction of sp³-hybridized carbons (Fsp3) is 0.769. The minimum absolute atomic E-state index is 0.241. The maximum Gasteiger partial charge on any atom is 0.408 e. The molecule has 2 amide bonds. The molecule has 0 spiro atoms. The van der Waals surface area contributed by atoms with Crippen LogP contribution in [-0.4, -0.2) is 43.3 Å². The molecule has 0 radical (unpaired) electrons. The van der Waals surface area contributed by atoms with Gasteiger partial charge in [0.25, 0.3) is 0 Å². The summed E-state index contributed by atoms with van der Waals surface area (Å²) in [6.07, 6.45) is 0.0806. The van der Waals surface area contributed by atoms with Crippen molar-refractivity contribution in [3.05, 3.63) is 0 Å². The lowest BCUT2D eigenvalue weighted by atomic mass is 10.2. The van der Waals surface area contributed by atoms with Crippen LogP contribution in [0.15, 0.2) is 0 Å². The highest BCUT2D eigenvalue weighted by atomic mass is 16.6. The first kappa shape index (κ1) is 18.2. The van der Waals surface area contributed by atoms with Crippen LogP contribution >= 0.6 is 0 Å². The highest BCUT2D eigenvalue weighted by Gasteiger charge is 2.20. The maximum absolute atomic E-state index is 11.7. The van der Waals surface area contributed by atoms with Gasteiger partial charge in [-0.2, -0.15) is 0 Å². The van der Waals surface area contributed by atoms with Gasteiger partial charge in [-0.3, -0.25) is 9.59 Å². The Labute approximate surface area is 119 Å². The number of carbonyl (C=O) groups is 3. The summed E-state index contributed by atoms with van der Waals surface area (Å²) >= 11 is 0. The zero-order valence-corrected chi connectivity index (χ0v) is 12.7. The molecule has 0 saturated carbocycles. The lowest BCUT2D eigenvalue weighted by molar-refractivity contribution is -0.140. The number of amides is 2. The first-order valence-corrected chi connectivity index (χ1v) is 6.49. The Morgan fingerprint density at radius 1 is 1.20 bits per heavy atom. The molecule has 0 bridgehead atoms. The second-order valence-corrected chi connectivity index (χ2v) is 5.34. The Hall–Kier alpha value is -1.79. The first-order valence-electron chi connectivity index (χ1n) is 6.49. The second-order valence-electron chi connectivity index (χ2n) is 5.34. The fourth-order valence-corrected chi connectivity index (χ4v) is 1.25. The number of alkyl carbamates (subject to hydrolysis) is 1. The van der Waals surface area contributed by atoms with Gasteiger partial charge >= 0.3 is 12.1 Å². The van der Waals surface area contributed by atoms with Gasteiger partial charge in [-0.05, 0) is 34.1 Å². The zero-order valence-electron chi connectivity index (χ0n) is 12.7. The second kappa shape index (κ2) is 8.39. The number of ether oxygens (including phenoxy) is 2. The highest BCUT2D eigenvalue weighted by molar-refractivity contribution is 5.85. The number of rotatable bonds is 6. The van der Waals surface area contributed by atoms with Crippen LogP contribution in [0.3, 0.4) is 0 Å². The van der Waals surface area contributed by atoms with E-state index in [4.69, 9.17) is 4.74 Å². The van der Waals surface area contributed by atoms with E-state index in [-0.39, 0.29) is 18.3 Å². The van der Waals surface area contributed by atoms with E-state index in [0.29, 0.717) is 13.0 Å². The molecular formula is C13H24N2O5. The molecule has 0 aliphatic rings. The third kappa shape index (κ3) is 9.18. The molecule has 7 nitrogen and oxygen atoms in total. The molecule has 0 saturated heterocycles. The monoisotopic (exact) mass is 288 g/mol. The van der Waals surface area contributed by atoms with Gasteiger partial charge in [-0.25, -0.2) is 4.79 Å². The van der Waals surface area contributed by atoms with Crippen molar-refractivity contribution in [2.45, 2.75) is 52.2 Å². The topological polar surface area (TPSA) is 93.7 Å². The molecule has 7 heteroatoms. The molecule has 0 aromatic rings. The summed E-state index contributed by atoms with van der Waals surface area (Å²) in [6, 6.07) is -0.706. The first-order chi connectivity index (χ1) is 9.15. The average molecular weight is 288 g/mol. The van der Waals surface area contributed by atoms with E-state index in [9.17, 15) is 14.4 Å². The minimum atomic E-state index is -0.706. The zero-order chi connectivity index (χ0) is 15.8. The number of carbonyl (C=O) groups excluding carboxylic acids is 3. The van der Waals surface area contributed by atoms with E-state index in [1.807, 2.05) is 0 Å². The van der Waals surface area contributed by atoms with E-state index in [2.05, 4.69) is 15.4 Å². The number of hydrogen-bond donors (Lipinski definition) is 2. The van der Waals surface area contributed by atoms with Crippen LogP contribution in [0.2, 0.25) is 0 Å². The lowest BCUT2D eigenvalue weighted by Crippen LogP contribution is -2.46. The van der Waals surface area contributed by atoms with Crippen LogP contribution < -0.4 is 10.6 Å². The van der Waals surface area contributed by atoms with Gasteiger partial charge in [0, 0.05) is 13.0 Å². The van der Waals surface area contributed by atoms with E-state index < -0.39 is 17.7 Å². The predicted octanol–water partition coefficient (Wildman–Crippen LogP) is 0.969. The van der Waals surface area contributed by atoms with Gasteiger partial charge in [0.15, 0.2) is 0 Å². The van der Waals surface area contributed by atoms with Crippen molar-refractivity contribution >= 4 is 18.0 Å². The number of esters is 1. The van der Waals surface area contributed by atoms with Gasteiger partial charge in [0.05, 0.1) is 7.11 Å². The molecule has 20 heavy (non-hydrogen) atoms. The van der Waals surface area contributed by atoms with Crippen LogP contribution in [0.25, 0.3) is 0 Å². The van der Waals surface area contributed by atoms with Crippen molar-refractivity contribution in [2.24, 2.45) is 0 Å². The third-order valence-electron chi connectivity index (χ3n) is 2.21. The molecule has 0 aromatic heterocycles. The Balaban J connectivity index is 3.92. The van der Waals surface area contributed by atoms with Gasteiger partial charge in [0.2, 0.25) is 5.91 Å². The molecule has 0 heterocycles. The van der Waals surface area contributed by atoms with Gasteiger partial charge < -0.3 is 20.1 Å². The molecule has 0 rings (SSSR count). The van der Waals surface area contributed by atoms with Gasteiger partial charge in [-0.1, -0.05) is 0 Å². The summed E-state index contributed by atoms with van der Waals surface area (Å²) in [6.45, 7) is 7.12.